The highest BCUT2D eigenvalue weighted by molar-refractivity contribution is 6.25. The first-order valence-corrected chi connectivity index (χ1v) is 10.8. The van der Waals surface area contributed by atoms with Gasteiger partial charge in [0, 0.05) is 23.4 Å². The lowest BCUT2D eigenvalue weighted by atomic mass is 9.95. The Kier molecular flexibility index (Phi) is 4.19. The fourth-order valence-corrected chi connectivity index (χ4v) is 4.94. The third kappa shape index (κ3) is 2.70. The van der Waals surface area contributed by atoms with Gasteiger partial charge in [-0.1, -0.05) is 109 Å². The van der Waals surface area contributed by atoms with Crippen molar-refractivity contribution >= 4 is 38.2 Å². The van der Waals surface area contributed by atoms with Crippen LogP contribution in [0.15, 0.2) is 109 Å². The van der Waals surface area contributed by atoms with Crippen molar-refractivity contribution in [2.24, 2.45) is 7.05 Å². The number of ketones is 1. The van der Waals surface area contributed by atoms with Crippen LogP contribution in [0.2, 0.25) is 0 Å². The molecule has 6 aromatic rings. The first kappa shape index (κ1) is 18.6. The Balaban J connectivity index is 1.76. The summed E-state index contributed by atoms with van der Waals surface area (Å²) in [7, 11) is 2.07. The van der Waals surface area contributed by atoms with Crippen molar-refractivity contribution in [2.45, 2.75) is 0 Å². The predicted molar refractivity (Wildman–Crippen MR) is 133 cm³/mol. The number of rotatable bonds is 3. The van der Waals surface area contributed by atoms with Crippen LogP contribution < -0.4 is 0 Å². The molecular weight excluding hydrogens is 390 g/mol. The fourth-order valence-electron chi connectivity index (χ4n) is 4.94. The second-order valence-electron chi connectivity index (χ2n) is 8.19. The normalized spacial score (nSPS) is 11.4. The number of fused-ring (bicyclic) bond motifs is 5. The molecule has 0 saturated carbocycles. The van der Waals surface area contributed by atoms with E-state index < -0.39 is 0 Å². The highest BCUT2D eigenvalue weighted by Crippen LogP contribution is 2.39. The number of carbonyl (C=O) groups excluding carboxylic acids is 1. The number of nitrogens with zero attached hydrogens (tertiary/aromatic N) is 1. The summed E-state index contributed by atoms with van der Waals surface area (Å²) in [6, 6.07) is 36.9. The van der Waals surface area contributed by atoms with E-state index in [-0.39, 0.29) is 5.78 Å². The number of hydrogen-bond acceptors (Lipinski definition) is 1. The molecule has 0 amide bonds. The number of hydrogen-bond donors (Lipinski definition) is 0. The lowest BCUT2D eigenvalue weighted by molar-refractivity contribution is 0.104. The summed E-state index contributed by atoms with van der Waals surface area (Å²) < 4.78 is 2.19. The summed E-state index contributed by atoms with van der Waals surface area (Å²) in [6.07, 6.45) is 0. The van der Waals surface area contributed by atoms with Gasteiger partial charge in [0.05, 0.1) is 16.8 Å². The molecule has 0 N–H and O–H groups in total. The molecule has 0 unspecified atom stereocenters. The Bertz CT molecular complexity index is 1630. The van der Waals surface area contributed by atoms with Gasteiger partial charge in [-0.3, -0.25) is 4.79 Å². The first-order chi connectivity index (χ1) is 15.7. The minimum absolute atomic E-state index is 0.0511. The summed E-state index contributed by atoms with van der Waals surface area (Å²) in [5, 5.41) is 5.80. The average molecular weight is 412 g/mol. The van der Waals surface area contributed by atoms with Crippen LogP contribution in [0.5, 0.6) is 0 Å². The van der Waals surface area contributed by atoms with Gasteiger partial charge in [0.2, 0.25) is 0 Å². The summed E-state index contributed by atoms with van der Waals surface area (Å²) in [5.41, 5.74) is 4.55. The number of aryl methyl sites for hydroxylation is 1. The van der Waals surface area contributed by atoms with Crippen LogP contribution in [0.3, 0.4) is 0 Å². The highest BCUT2D eigenvalue weighted by atomic mass is 16.1. The van der Waals surface area contributed by atoms with Crippen molar-refractivity contribution in [1.82, 2.24) is 4.57 Å². The van der Waals surface area contributed by atoms with Crippen LogP contribution in [-0.2, 0) is 7.05 Å². The molecule has 0 fully saturated rings. The monoisotopic (exact) mass is 411 g/mol. The van der Waals surface area contributed by atoms with Gasteiger partial charge in [-0.2, -0.15) is 0 Å². The Morgan fingerprint density at radius 1 is 0.594 bits per heavy atom. The molecule has 2 heteroatoms. The molecule has 6 rings (SSSR count). The van der Waals surface area contributed by atoms with Gasteiger partial charge >= 0.3 is 0 Å². The molecule has 5 aromatic carbocycles. The molecule has 152 valence electrons. The van der Waals surface area contributed by atoms with E-state index in [1.54, 1.807) is 0 Å². The van der Waals surface area contributed by atoms with E-state index >= 15 is 0 Å². The van der Waals surface area contributed by atoms with E-state index in [1.165, 1.54) is 16.2 Å². The van der Waals surface area contributed by atoms with Gasteiger partial charge in [0.15, 0.2) is 5.78 Å². The maximum atomic E-state index is 13.8. The van der Waals surface area contributed by atoms with Gasteiger partial charge in [-0.05, 0) is 21.7 Å². The van der Waals surface area contributed by atoms with Crippen molar-refractivity contribution in [3.05, 3.63) is 120 Å². The van der Waals surface area contributed by atoms with E-state index in [4.69, 9.17) is 0 Å². The van der Waals surface area contributed by atoms with Crippen LogP contribution in [0.1, 0.15) is 15.9 Å². The fraction of sp³-hybridized carbons (Fsp3) is 0.0333. The Hall–Kier alpha value is -4.17. The quantitative estimate of drug-likeness (QED) is 0.220. The molecule has 0 aliphatic rings. The largest absolute Gasteiger partial charge is 0.342 e. The van der Waals surface area contributed by atoms with Gasteiger partial charge in [-0.15, -0.1) is 0 Å². The molecule has 0 spiro atoms. The molecule has 0 atom stereocenters. The summed E-state index contributed by atoms with van der Waals surface area (Å²) in [4.78, 5) is 13.8. The van der Waals surface area contributed by atoms with E-state index in [2.05, 4.69) is 72.3 Å². The molecule has 1 aromatic heterocycles. The molecule has 0 aliphatic heterocycles. The highest BCUT2D eigenvalue weighted by Gasteiger charge is 2.24. The third-order valence-corrected chi connectivity index (χ3v) is 6.38. The topological polar surface area (TPSA) is 22.0 Å². The van der Waals surface area contributed by atoms with Gasteiger partial charge in [0.25, 0.3) is 0 Å². The predicted octanol–water partition coefficient (Wildman–Crippen LogP) is 7.38. The Morgan fingerprint density at radius 2 is 1.22 bits per heavy atom. The lowest BCUT2D eigenvalue weighted by Gasteiger charge is -2.09. The van der Waals surface area contributed by atoms with Crippen LogP contribution >= 0.6 is 0 Å². The van der Waals surface area contributed by atoms with Gasteiger partial charge < -0.3 is 4.57 Å². The van der Waals surface area contributed by atoms with Gasteiger partial charge in [0.1, 0.15) is 0 Å². The van der Waals surface area contributed by atoms with Crippen molar-refractivity contribution < 1.29 is 4.79 Å². The zero-order chi connectivity index (χ0) is 21.7. The van der Waals surface area contributed by atoms with Crippen LogP contribution in [0.25, 0.3) is 43.7 Å². The minimum atomic E-state index is 0.0511. The van der Waals surface area contributed by atoms with Crippen molar-refractivity contribution in [3.8, 4) is 11.3 Å². The smallest absolute Gasteiger partial charge is 0.195 e. The molecule has 1 heterocycles. The molecule has 0 aliphatic carbocycles. The number of carbonyl (C=O) groups is 1. The van der Waals surface area contributed by atoms with Crippen LogP contribution in [0.4, 0.5) is 0 Å². The Morgan fingerprint density at radius 3 is 2.00 bits per heavy atom. The van der Waals surface area contributed by atoms with Crippen LogP contribution in [-0.4, -0.2) is 10.4 Å². The average Bonchev–Trinajstić information content (AvgIpc) is 3.17. The molecule has 2 nitrogen and oxygen atoms in total. The zero-order valence-electron chi connectivity index (χ0n) is 17.7. The minimum Gasteiger partial charge on any atom is -0.342 e. The third-order valence-electron chi connectivity index (χ3n) is 6.38. The van der Waals surface area contributed by atoms with Crippen LogP contribution in [0, 0.1) is 0 Å². The van der Waals surface area contributed by atoms with Crippen molar-refractivity contribution in [1.29, 1.82) is 0 Å². The van der Waals surface area contributed by atoms with E-state index in [1.807, 2.05) is 48.5 Å². The number of aromatic nitrogens is 1. The molecular formula is C30H21NO. The van der Waals surface area contributed by atoms with Crippen molar-refractivity contribution in [3.63, 3.8) is 0 Å². The molecule has 32 heavy (non-hydrogen) atoms. The Labute approximate surface area is 186 Å². The number of benzene rings is 5. The van der Waals surface area contributed by atoms with E-state index in [0.29, 0.717) is 5.56 Å². The molecule has 0 saturated heterocycles. The van der Waals surface area contributed by atoms with E-state index in [0.717, 1.165) is 33.1 Å². The SMILES string of the molecule is Cn1c(-c2ccccc2)c(C(=O)c2ccccc2)c2ccc3c4ccccc4ccc3c21. The molecule has 0 bridgehead atoms. The zero-order valence-corrected chi connectivity index (χ0v) is 17.7. The van der Waals surface area contributed by atoms with Crippen molar-refractivity contribution in [2.75, 3.05) is 0 Å². The maximum Gasteiger partial charge on any atom is 0.195 e. The summed E-state index contributed by atoms with van der Waals surface area (Å²) in [5.74, 6) is 0.0511. The second kappa shape index (κ2) is 7.21. The molecule has 0 radical (unpaired) electrons. The van der Waals surface area contributed by atoms with Gasteiger partial charge in [-0.25, -0.2) is 0 Å². The lowest BCUT2D eigenvalue weighted by Crippen LogP contribution is -2.03. The maximum absolute atomic E-state index is 13.8. The van der Waals surface area contributed by atoms with E-state index in [9.17, 15) is 4.79 Å². The summed E-state index contributed by atoms with van der Waals surface area (Å²) in [6.45, 7) is 0. The summed E-state index contributed by atoms with van der Waals surface area (Å²) >= 11 is 0. The first-order valence-electron chi connectivity index (χ1n) is 10.8. The second-order valence-corrected chi connectivity index (χ2v) is 8.19. The standard InChI is InChI=1S/C30H21NO/c1-31-28(21-11-4-2-5-12-21)27(30(32)22-13-6-3-7-14-22)26-19-18-24-23-15-9-8-10-20(23)16-17-25(24)29(26)31/h2-19H,1H3.